The second kappa shape index (κ2) is 8.90. The Bertz CT molecular complexity index is 1320. The molecule has 3 heterocycles. The summed E-state index contributed by atoms with van der Waals surface area (Å²) in [5.41, 5.74) is 3.44. The van der Waals surface area contributed by atoms with Crippen LogP contribution in [0.1, 0.15) is 51.4 Å². The molecule has 0 bridgehead atoms. The minimum atomic E-state index is -2.73. The van der Waals surface area contributed by atoms with Gasteiger partial charge < -0.3 is 14.6 Å². The van der Waals surface area contributed by atoms with Crippen LogP contribution in [0.5, 0.6) is 0 Å². The number of anilines is 1. The molecule has 1 N–H and O–H groups in total. The first kappa shape index (κ1) is 22.6. The van der Waals surface area contributed by atoms with E-state index in [1.54, 1.807) is 10.7 Å². The van der Waals surface area contributed by atoms with E-state index in [1.807, 2.05) is 43.7 Å². The van der Waals surface area contributed by atoms with Gasteiger partial charge >= 0.3 is 6.61 Å². The molecule has 4 aromatic rings. The molecule has 0 spiro atoms. The molecule has 7 nitrogen and oxygen atoms in total. The molecule has 0 atom stereocenters. The highest BCUT2D eigenvalue weighted by Crippen LogP contribution is 2.32. The zero-order valence-corrected chi connectivity index (χ0v) is 19.3. The minimum Gasteiger partial charge on any atom is -0.350 e. The molecule has 0 amide bonds. The molecule has 180 valence electrons. The van der Waals surface area contributed by atoms with Crippen molar-refractivity contribution in [2.24, 2.45) is 0 Å². The molecule has 34 heavy (non-hydrogen) atoms. The summed E-state index contributed by atoms with van der Waals surface area (Å²) < 4.78 is 48.1. The maximum absolute atomic E-state index is 14.9. The second-order valence-corrected chi connectivity index (χ2v) is 9.10. The fourth-order valence-corrected chi connectivity index (χ4v) is 4.96. The standard InChI is InChI=1S/C24H27F3N6O/c1-13(2)33-14(3)29-22-19(25)10-15(11-20(22)33)18-8-9-32-21(18)12-28-24(31-32)30-16-4-6-17(7-5-16)34-23(26)27/h8-13,16-17,23H,4-7H2,1-3H3,(H,30,31). The van der Waals surface area contributed by atoms with Gasteiger partial charge in [0.2, 0.25) is 5.95 Å². The van der Waals surface area contributed by atoms with Crippen molar-refractivity contribution in [3.63, 3.8) is 0 Å². The summed E-state index contributed by atoms with van der Waals surface area (Å²) in [4.78, 5) is 8.86. The Morgan fingerprint density at radius 1 is 1.12 bits per heavy atom. The Kier molecular flexibility index (Phi) is 5.93. The van der Waals surface area contributed by atoms with Gasteiger partial charge in [-0.3, -0.25) is 0 Å². The average molecular weight is 473 g/mol. The molecule has 0 unspecified atom stereocenters. The van der Waals surface area contributed by atoms with Crippen LogP contribution in [0.15, 0.2) is 30.6 Å². The number of nitrogens with zero attached hydrogens (tertiary/aromatic N) is 5. The average Bonchev–Trinajstić information content (AvgIpc) is 3.35. The van der Waals surface area contributed by atoms with Crippen LogP contribution >= 0.6 is 0 Å². The van der Waals surface area contributed by atoms with Crippen molar-refractivity contribution < 1.29 is 17.9 Å². The number of fused-ring (bicyclic) bond motifs is 2. The van der Waals surface area contributed by atoms with E-state index in [-0.39, 0.29) is 17.9 Å². The van der Waals surface area contributed by atoms with Crippen LogP contribution in [-0.4, -0.2) is 42.9 Å². The summed E-state index contributed by atoms with van der Waals surface area (Å²) in [5, 5.41) is 7.84. The second-order valence-electron chi connectivity index (χ2n) is 9.10. The lowest BCUT2D eigenvalue weighted by Gasteiger charge is -2.28. The van der Waals surface area contributed by atoms with E-state index in [0.29, 0.717) is 37.1 Å². The maximum atomic E-state index is 14.9. The first-order valence-corrected chi connectivity index (χ1v) is 11.5. The van der Waals surface area contributed by atoms with E-state index < -0.39 is 12.7 Å². The third kappa shape index (κ3) is 4.22. The minimum absolute atomic E-state index is 0.0982. The first-order valence-electron chi connectivity index (χ1n) is 11.5. The highest BCUT2D eigenvalue weighted by Gasteiger charge is 2.24. The number of hydrogen-bond donors (Lipinski definition) is 1. The molecule has 1 aromatic carbocycles. The topological polar surface area (TPSA) is 69.3 Å². The Balaban J connectivity index is 1.39. The highest BCUT2D eigenvalue weighted by atomic mass is 19.3. The first-order chi connectivity index (χ1) is 16.3. The van der Waals surface area contributed by atoms with Crippen molar-refractivity contribution in [3.8, 4) is 11.1 Å². The van der Waals surface area contributed by atoms with Gasteiger partial charge in [0.15, 0.2) is 5.82 Å². The molecular weight excluding hydrogens is 445 g/mol. The fraction of sp³-hybridized carbons (Fsp3) is 0.458. The largest absolute Gasteiger partial charge is 0.350 e. The van der Waals surface area contributed by atoms with Gasteiger partial charge in [-0.25, -0.2) is 18.9 Å². The molecule has 0 saturated heterocycles. The number of rotatable bonds is 6. The quantitative estimate of drug-likeness (QED) is 0.388. The number of nitrogens with one attached hydrogen (secondary N) is 1. The summed E-state index contributed by atoms with van der Waals surface area (Å²) >= 11 is 0. The smallest absolute Gasteiger partial charge is 0.345 e. The number of aromatic nitrogens is 5. The predicted octanol–water partition coefficient (Wildman–Crippen LogP) is 5.74. The third-order valence-electron chi connectivity index (χ3n) is 6.47. The molecule has 0 aliphatic heterocycles. The molecule has 1 fully saturated rings. The lowest BCUT2D eigenvalue weighted by atomic mass is 9.93. The van der Waals surface area contributed by atoms with Crippen LogP contribution in [0.2, 0.25) is 0 Å². The Morgan fingerprint density at radius 3 is 2.59 bits per heavy atom. The number of hydrogen-bond acceptors (Lipinski definition) is 5. The van der Waals surface area contributed by atoms with Crippen LogP contribution < -0.4 is 5.32 Å². The summed E-state index contributed by atoms with van der Waals surface area (Å²) in [6.45, 7) is 3.25. The summed E-state index contributed by atoms with van der Waals surface area (Å²) in [6.07, 6.45) is 5.68. The van der Waals surface area contributed by atoms with Gasteiger partial charge in [0.25, 0.3) is 0 Å². The van der Waals surface area contributed by atoms with Crippen LogP contribution in [0, 0.1) is 12.7 Å². The molecular formula is C24H27F3N6O. The van der Waals surface area contributed by atoms with Gasteiger partial charge in [0.05, 0.1) is 23.3 Å². The molecule has 1 saturated carbocycles. The van der Waals surface area contributed by atoms with Crippen molar-refractivity contribution in [2.45, 2.75) is 71.3 Å². The summed E-state index contributed by atoms with van der Waals surface area (Å²) in [7, 11) is 0. The van der Waals surface area contributed by atoms with E-state index in [9.17, 15) is 13.2 Å². The van der Waals surface area contributed by atoms with Gasteiger partial charge in [0.1, 0.15) is 11.3 Å². The number of imidazole rings is 1. The zero-order valence-electron chi connectivity index (χ0n) is 19.3. The third-order valence-corrected chi connectivity index (χ3v) is 6.47. The number of aryl methyl sites for hydroxylation is 1. The van der Waals surface area contributed by atoms with Gasteiger partial charge in [0, 0.05) is 23.8 Å². The predicted molar refractivity (Wildman–Crippen MR) is 124 cm³/mol. The zero-order chi connectivity index (χ0) is 24.0. The summed E-state index contributed by atoms with van der Waals surface area (Å²) in [5.74, 6) is 0.875. The molecule has 1 aliphatic carbocycles. The van der Waals surface area contributed by atoms with Crippen molar-refractivity contribution in [2.75, 3.05) is 5.32 Å². The van der Waals surface area contributed by atoms with Gasteiger partial charge in [-0.1, -0.05) is 0 Å². The Morgan fingerprint density at radius 2 is 1.88 bits per heavy atom. The fourth-order valence-electron chi connectivity index (χ4n) is 4.96. The number of ether oxygens (including phenoxy) is 1. The molecule has 10 heteroatoms. The van der Waals surface area contributed by atoms with Gasteiger partial charge in [-0.15, -0.1) is 5.10 Å². The van der Waals surface area contributed by atoms with Crippen molar-refractivity contribution in [1.82, 2.24) is 24.1 Å². The van der Waals surface area contributed by atoms with E-state index in [2.05, 4.69) is 25.1 Å². The SMILES string of the molecule is Cc1nc2c(F)cc(-c3ccn4nc(NC5CCC(OC(F)F)CC5)ncc34)cc2n1C(C)C. The van der Waals surface area contributed by atoms with Crippen LogP contribution in [0.3, 0.4) is 0 Å². The molecule has 5 rings (SSSR count). The van der Waals surface area contributed by atoms with Crippen LogP contribution in [0.25, 0.3) is 27.7 Å². The maximum Gasteiger partial charge on any atom is 0.345 e. The number of alkyl halides is 2. The summed E-state index contributed by atoms with van der Waals surface area (Å²) in [6, 6.07) is 5.60. The normalized spacial score (nSPS) is 19.1. The van der Waals surface area contributed by atoms with Gasteiger partial charge in [-0.2, -0.15) is 8.78 Å². The molecule has 0 radical (unpaired) electrons. The Hall–Kier alpha value is -3.14. The van der Waals surface area contributed by atoms with Crippen LogP contribution in [0.4, 0.5) is 19.1 Å². The van der Waals surface area contributed by atoms with E-state index in [0.717, 1.165) is 28.0 Å². The van der Waals surface area contributed by atoms with E-state index in [4.69, 9.17) is 0 Å². The lowest BCUT2D eigenvalue weighted by Crippen LogP contribution is -2.31. The molecule has 3 aromatic heterocycles. The van der Waals surface area contributed by atoms with Crippen molar-refractivity contribution in [3.05, 3.63) is 42.2 Å². The Labute approximate surface area is 195 Å². The van der Waals surface area contributed by atoms with E-state index in [1.165, 1.54) is 6.07 Å². The monoisotopic (exact) mass is 472 g/mol. The highest BCUT2D eigenvalue weighted by molar-refractivity contribution is 5.88. The molecule has 1 aliphatic rings. The van der Waals surface area contributed by atoms with Gasteiger partial charge in [-0.05, 0) is 70.2 Å². The lowest BCUT2D eigenvalue weighted by molar-refractivity contribution is -0.169. The van der Waals surface area contributed by atoms with Crippen molar-refractivity contribution in [1.29, 1.82) is 0 Å². The van der Waals surface area contributed by atoms with E-state index >= 15 is 0 Å². The van der Waals surface area contributed by atoms with Crippen LogP contribution in [-0.2, 0) is 4.74 Å². The number of benzene rings is 1. The van der Waals surface area contributed by atoms with Crippen molar-refractivity contribution >= 4 is 22.5 Å². The number of halogens is 3.